The Labute approximate surface area is 108 Å². The number of likely N-dealkylation sites (N-methyl/N-ethyl adjacent to an activating group) is 2. The average Bonchev–Trinajstić information content (AvgIpc) is 2.76. The third-order valence-corrected chi connectivity index (χ3v) is 3.61. The summed E-state index contributed by atoms with van der Waals surface area (Å²) < 4.78 is 0. The Balaban J connectivity index is 1.99. The van der Waals surface area contributed by atoms with Crippen LogP contribution < -0.4 is 4.90 Å². The van der Waals surface area contributed by atoms with Gasteiger partial charge in [0.1, 0.15) is 17.3 Å². The van der Waals surface area contributed by atoms with Gasteiger partial charge in [-0.15, -0.1) is 0 Å². The van der Waals surface area contributed by atoms with E-state index in [-0.39, 0.29) is 0 Å². The number of nitrogens with zero attached hydrogens (tertiary/aromatic N) is 4. The molecule has 4 nitrogen and oxygen atoms in total. The minimum Gasteiger partial charge on any atom is -0.358 e. The molecule has 2 rings (SSSR count). The largest absolute Gasteiger partial charge is 0.358 e. The van der Waals surface area contributed by atoms with Gasteiger partial charge in [-0.2, -0.15) is 0 Å². The first kappa shape index (κ1) is 12.6. The van der Waals surface area contributed by atoms with E-state index in [1.165, 1.54) is 25.7 Å². The molecule has 0 N–H and O–H groups in total. The zero-order valence-electron chi connectivity index (χ0n) is 10.4. The molecule has 0 spiro atoms. The Hall–Kier alpha value is -0.870. The maximum atomic E-state index is 5.87. The molecule has 1 fully saturated rings. The summed E-state index contributed by atoms with van der Waals surface area (Å²) in [6, 6.07) is 2.45. The van der Waals surface area contributed by atoms with Crippen LogP contribution in [0, 0.1) is 0 Å². The number of rotatable bonds is 4. The van der Waals surface area contributed by atoms with Crippen LogP contribution in [0.15, 0.2) is 12.4 Å². The summed E-state index contributed by atoms with van der Waals surface area (Å²) in [5.74, 6) is 0.896. The molecule has 1 aromatic heterocycles. The summed E-state index contributed by atoms with van der Waals surface area (Å²) in [5.41, 5.74) is 0. The van der Waals surface area contributed by atoms with Crippen molar-refractivity contribution in [1.82, 2.24) is 14.9 Å². The Kier molecular flexibility index (Phi) is 4.18. The number of halogens is 1. The number of anilines is 1. The Morgan fingerprint density at radius 2 is 2.35 bits per heavy atom. The number of hydrogen-bond donors (Lipinski definition) is 0. The first-order chi connectivity index (χ1) is 8.20. The third kappa shape index (κ3) is 3.07. The van der Waals surface area contributed by atoms with E-state index >= 15 is 0 Å². The summed E-state index contributed by atoms with van der Waals surface area (Å²) >= 11 is 5.87. The van der Waals surface area contributed by atoms with E-state index < -0.39 is 0 Å². The first-order valence-corrected chi connectivity index (χ1v) is 6.51. The average molecular weight is 255 g/mol. The molecule has 1 atom stereocenters. The lowest BCUT2D eigenvalue weighted by Crippen LogP contribution is -2.39. The van der Waals surface area contributed by atoms with Gasteiger partial charge in [0.05, 0.1) is 0 Å². The smallest absolute Gasteiger partial charge is 0.134 e. The lowest BCUT2D eigenvalue weighted by molar-refractivity contribution is 0.270. The van der Waals surface area contributed by atoms with Gasteiger partial charge in [-0.1, -0.05) is 18.5 Å². The standard InChI is InChI=1S/C12H19ClN4/c1-3-17-6-4-5-10(17)8-16(2)12-7-11(13)14-9-15-12/h7,9-10H,3-6,8H2,1-2H3. The van der Waals surface area contributed by atoms with Crippen LogP contribution >= 0.6 is 11.6 Å². The molecular formula is C12H19ClN4. The Morgan fingerprint density at radius 1 is 1.53 bits per heavy atom. The van der Waals surface area contributed by atoms with Crippen molar-refractivity contribution in [1.29, 1.82) is 0 Å². The summed E-state index contributed by atoms with van der Waals surface area (Å²) in [7, 11) is 2.06. The van der Waals surface area contributed by atoms with Gasteiger partial charge < -0.3 is 4.90 Å². The van der Waals surface area contributed by atoms with Crippen LogP contribution in [0.5, 0.6) is 0 Å². The van der Waals surface area contributed by atoms with Gasteiger partial charge in [0, 0.05) is 25.7 Å². The highest BCUT2D eigenvalue weighted by Gasteiger charge is 2.24. The fourth-order valence-electron chi connectivity index (χ4n) is 2.46. The molecule has 0 bridgehead atoms. The van der Waals surface area contributed by atoms with Crippen LogP contribution in [0.1, 0.15) is 19.8 Å². The van der Waals surface area contributed by atoms with E-state index in [9.17, 15) is 0 Å². The van der Waals surface area contributed by atoms with Gasteiger partial charge in [-0.3, -0.25) is 4.90 Å². The summed E-state index contributed by atoms with van der Waals surface area (Å²) in [6.45, 7) is 5.57. The minimum absolute atomic E-state index is 0.501. The summed E-state index contributed by atoms with van der Waals surface area (Å²) in [4.78, 5) is 12.8. The van der Waals surface area contributed by atoms with Crippen molar-refractivity contribution in [2.45, 2.75) is 25.8 Å². The zero-order valence-corrected chi connectivity index (χ0v) is 11.2. The molecule has 94 valence electrons. The van der Waals surface area contributed by atoms with Crippen LogP contribution in [0.25, 0.3) is 0 Å². The zero-order chi connectivity index (χ0) is 12.3. The molecule has 0 saturated carbocycles. The maximum absolute atomic E-state index is 5.87. The molecule has 1 aliphatic heterocycles. The number of hydrogen-bond acceptors (Lipinski definition) is 4. The fraction of sp³-hybridized carbons (Fsp3) is 0.667. The highest BCUT2D eigenvalue weighted by Crippen LogP contribution is 2.20. The van der Waals surface area contributed by atoms with Crippen molar-refractivity contribution in [2.24, 2.45) is 0 Å². The van der Waals surface area contributed by atoms with Crippen molar-refractivity contribution in [3.63, 3.8) is 0 Å². The molecule has 0 aromatic carbocycles. The monoisotopic (exact) mass is 254 g/mol. The topological polar surface area (TPSA) is 32.3 Å². The lowest BCUT2D eigenvalue weighted by Gasteiger charge is -2.28. The molecule has 1 saturated heterocycles. The molecule has 1 unspecified atom stereocenters. The Morgan fingerprint density at radius 3 is 3.06 bits per heavy atom. The molecule has 1 aromatic rings. The number of likely N-dealkylation sites (tertiary alicyclic amines) is 1. The van der Waals surface area contributed by atoms with E-state index in [0.717, 1.165) is 18.9 Å². The highest BCUT2D eigenvalue weighted by molar-refractivity contribution is 6.29. The summed E-state index contributed by atoms with van der Waals surface area (Å²) in [6.07, 6.45) is 4.09. The second kappa shape index (κ2) is 5.65. The van der Waals surface area contributed by atoms with E-state index in [0.29, 0.717) is 11.2 Å². The molecule has 0 amide bonds. The molecule has 17 heavy (non-hydrogen) atoms. The van der Waals surface area contributed by atoms with E-state index in [1.54, 1.807) is 0 Å². The van der Waals surface area contributed by atoms with Crippen molar-refractivity contribution < 1.29 is 0 Å². The van der Waals surface area contributed by atoms with Crippen LogP contribution in [0.3, 0.4) is 0 Å². The summed E-state index contributed by atoms with van der Waals surface area (Å²) in [5, 5.41) is 0.501. The number of aromatic nitrogens is 2. The van der Waals surface area contributed by atoms with Crippen molar-refractivity contribution in [3.05, 3.63) is 17.5 Å². The molecule has 0 radical (unpaired) electrons. The molecule has 2 heterocycles. The van der Waals surface area contributed by atoms with Crippen LogP contribution in [0.4, 0.5) is 5.82 Å². The maximum Gasteiger partial charge on any atom is 0.134 e. The second-order valence-electron chi connectivity index (χ2n) is 4.50. The van der Waals surface area contributed by atoms with E-state index in [1.807, 2.05) is 6.07 Å². The molecule has 5 heteroatoms. The van der Waals surface area contributed by atoms with Gasteiger partial charge >= 0.3 is 0 Å². The predicted molar refractivity (Wildman–Crippen MR) is 70.6 cm³/mol. The SMILES string of the molecule is CCN1CCCC1CN(C)c1cc(Cl)ncn1. The van der Waals surface area contributed by atoms with Gasteiger partial charge in [0.25, 0.3) is 0 Å². The predicted octanol–water partition coefficient (Wildman–Crippen LogP) is 2.05. The van der Waals surface area contributed by atoms with Gasteiger partial charge in [0.2, 0.25) is 0 Å². The quantitative estimate of drug-likeness (QED) is 0.770. The lowest BCUT2D eigenvalue weighted by atomic mass is 10.2. The van der Waals surface area contributed by atoms with Crippen molar-refractivity contribution in [2.75, 3.05) is 31.6 Å². The van der Waals surface area contributed by atoms with Gasteiger partial charge in [-0.05, 0) is 25.9 Å². The normalized spacial score (nSPS) is 20.8. The van der Waals surface area contributed by atoms with Crippen LogP contribution in [0.2, 0.25) is 5.15 Å². The van der Waals surface area contributed by atoms with Crippen molar-refractivity contribution in [3.8, 4) is 0 Å². The second-order valence-corrected chi connectivity index (χ2v) is 4.89. The highest BCUT2D eigenvalue weighted by atomic mass is 35.5. The van der Waals surface area contributed by atoms with E-state index in [2.05, 4.69) is 33.7 Å². The minimum atomic E-state index is 0.501. The third-order valence-electron chi connectivity index (χ3n) is 3.40. The van der Waals surface area contributed by atoms with Gasteiger partial charge in [-0.25, -0.2) is 9.97 Å². The molecular weight excluding hydrogens is 236 g/mol. The Bertz CT molecular complexity index is 371. The van der Waals surface area contributed by atoms with Gasteiger partial charge in [0.15, 0.2) is 0 Å². The van der Waals surface area contributed by atoms with Crippen molar-refractivity contribution >= 4 is 17.4 Å². The molecule has 0 aliphatic carbocycles. The van der Waals surface area contributed by atoms with Crippen LogP contribution in [-0.4, -0.2) is 47.6 Å². The van der Waals surface area contributed by atoms with Crippen LogP contribution in [-0.2, 0) is 0 Å². The van der Waals surface area contributed by atoms with E-state index in [4.69, 9.17) is 11.6 Å². The first-order valence-electron chi connectivity index (χ1n) is 6.13. The molecule has 1 aliphatic rings. The fourth-order valence-corrected chi connectivity index (χ4v) is 2.60.